The van der Waals surface area contributed by atoms with Gasteiger partial charge in [0.05, 0.1) is 13.1 Å². The van der Waals surface area contributed by atoms with Gasteiger partial charge in [-0.25, -0.2) is 8.78 Å². The molecule has 0 aromatic heterocycles. The minimum Gasteiger partial charge on any atom is -0.297 e. The standard InChI is InChI=1S/C13H24F2N2/c14-13(15,11-16-7-3-1-4-8-16)12-17-9-5-2-6-10-17/h1-12H2. The SMILES string of the molecule is FC(F)(CN1CCCCC1)CN1CCCCC1. The molecule has 0 aliphatic carbocycles. The largest absolute Gasteiger partial charge is 0.297 e. The zero-order chi connectivity index (χ0) is 12.1. The smallest absolute Gasteiger partial charge is 0.272 e. The molecular weight excluding hydrogens is 222 g/mol. The van der Waals surface area contributed by atoms with E-state index in [4.69, 9.17) is 0 Å². The molecular formula is C13H24F2N2. The highest BCUT2D eigenvalue weighted by Crippen LogP contribution is 2.21. The van der Waals surface area contributed by atoms with Gasteiger partial charge in [0.15, 0.2) is 0 Å². The van der Waals surface area contributed by atoms with Crippen LogP contribution in [0.3, 0.4) is 0 Å². The Morgan fingerprint density at radius 3 is 1.35 bits per heavy atom. The van der Waals surface area contributed by atoms with E-state index < -0.39 is 5.92 Å². The van der Waals surface area contributed by atoms with Crippen molar-refractivity contribution in [3.63, 3.8) is 0 Å². The van der Waals surface area contributed by atoms with Gasteiger partial charge in [-0.3, -0.25) is 9.80 Å². The first-order chi connectivity index (χ1) is 8.16. The fourth-order valence-corrected chi connectivity index (χ4v) is 2.94. The third kappa shape index (κ3) is 4.51. The summed E-state index contributed by atoms with van der Waals surface area (Å²) in [4.78, 5) is 3.88. The lowest BCUT2D eigenvalue weighted by Crippen LogP contribution is -2.47. The van der Waals surface area contributed by atoms with Crippen molar-refractivity contribution in [3.8, 4) is 0 Å². The van der Waals surface area contributed by atoms with Crippen LogP contribution in [0, 0.1) is 0 Å². The summed E-state index contributed by atoms with van der Waals surface area (Å²) < 4.78 is 27.8. The summed E-state index contributed by atoms with van der Waals surface area (Å²) in [7, 11) is 0. The van der Waals surface area contributed by atoms with E-state index in [1.54, 1.807) is 0 Å². The van der Waals surface area contributed by atoms with E-state index in [2.05, 4.69) is 0 Å². The van der Waals surface area contributed by atoms with Crippen molar-refractivity contribution in [1.29, 1.82) is 0 Å². The minimum absolute atomic E-state index is 0.0382. The molecule has 2 aliphatic rings. The van der Waals surface area contributed by atoms with Crippen molar-refractivity contribution in [2.24, 2.45) is 0 Å². The van der Waals surface area contributed by atoms with Gasteiger partial charge in [-0.1, -0.05) is 12.8 Å². The summed E-state index contributed by atoms with van der Waals surface area (Å²) in [6, 6.07) is 0. The second-order valence-electron chi connectivity index (χ2n) is 5.53. The Labute approximate surface area is 103 Å². The van der Waals surface area contributed by atoms with Gasteiger partial charge >= 0.3 is 0 Å². The molecule has 2 nitrogen and oxygen atoms in total. The second-order valence-corrected chi connectivity index (χ2v) is 5.53. The van der Waals surface area contributed by atoms with Crippen molar-refractivity contribution >= 4 is 0 Å². The lowest BCUT2D eigenvalue weighted by Gasteiger charge is -2.34. The number of alkyl halides is 2. The highest BCUT2D eigenvalue weighted by atomic mass is 19.3. The molecule has 2 rings (SSSR count). The normalized spacial score (nSPS) is 25.1. The zero-order valence-electron chi connectivity index (χ0n) is 10.6. The minimum atomic E-state index is -2.53. The number of piperidine rings is 2. The average molecular weight is 246 g/mol. The number of nitrogens with zero attached hydrogens (tertiary/aromatic N) is 2. The maximum Gasteiger partial charge on any atom is 0.272 e. The first-order valence-corrected chi connectivity index (χ1v) is 6.98. The molecule has 2 saturated heterocycles. The van der Waals surface area contributed by atoms with E-state index in [0.717, 1.165) is 51.9 Å². The molecule has 0 bridgehead atoms. The number of hydrogen-bond acceptors (Lipinski definition) is 2. The number of rotatable bonds is 4. The van der Waals surface area contributed by atoms with Crippen LogP contribution in [0.5, 0.6) is 0 Å². The Hall–Kier alpha value is -0.220. The summed E-state index contributed by atoms with van der Waals surface area (Å²) in [5, 5.41) is 0. The summed E-state index contributed by atoms with van der Waals surface area (Å²) >= 11 is 0. The predicted octanol–water partition coefficient (Wildman–Crippen LogP) is 2.59. The summed E-state index contributed by atoms with van der Waals surface area (Å²) in [5.74, 6) is -2.53. The van der Waals surface area contributed by atoms with Crippen LogP contribution in [0.2, 0.25) is 0 Å². The lowest BCUT2D eigenvalue weighted by atomic mass is 10.1. The van der Waals surface area contributed by atoms with Gasteiger partial charge in [0.2, 0.25) is 0 Å². The molecule has 100 valence electrons. The molecule has 0 amide bonds. The molecule has 0 aromatic carbocycles. The van der Waals surface area contributed by atoms with Crippen LogP contribution in [0.25, 0.3) is 0 Å². The lowest BCUT2D eigenvalue weighted by molar-refractivity contribution is -0.0630. The molecule has 0 radical (unpaired) electrons. The Morgan fingerprint density at radius 1 is 0.647 bits per heavy atom. The van der Waals surface area contributed by atoms with Gasteiger partial charge in [-0.05, 0) is 51.9 Å². The first kappa shape index (κ1) is 13.2. The van der Waals surface area contributed by atoms with Crippen LogP contribution >= 0.6 is 0 Å². The van der Waals surface area contributed by atoms with Crippen LogP contribution in [0.4, 0.5) is 8.78 Å². The maximum absolute atomic E-state index is 13.9. The molecule has 2 fully saturated rings. The summed E-state index contributed by atoms with van der Waals surface area (Å²) in [6.45, 7) is 3.35. The van der Waals surface area contributed by atoms with Gasteiger partial charge in [-0.2, -0.15) is 0 Å². The van der Waals surface area contributed by atoms with Crippen molar-refractivity contribution in [1.82, 2.24) is 9.80 Å². The molecule has 17 heavy (non-hydrogen) atoms. The Balaban J connectivity index is 1.75. The van der Waals surface area contributed by atoms with Gasteiger partial charge in [0.25, 0.3) is 5.92 Å². The van der Waals surface area contributed by atoms with E-state index in [9.17, 15) is 8.78 Å². The fraction of sp³-hybridized carbons (Fsp3) is 1.00. The summed E-state index contributed by atoms with van der Waals surface area (Å²) in [5.41, 5.74) is 0. The molecule has 0 atom stereocenters. The average Bonchev–Trinajstić information content (AvgIpc) is 2.30. The molecule has 0 saturated carbocycles. The van der Waals surface area contributed by atoms with Gasteiger partial charge < -0.3 is 0 Å². The number of hydrogen-bond donors (Lipinski definition) is 0. The molecule has 0 aromatic rings. The number of likely N-dealkylation sites (tertiary alicyclic amines) is 2. The quantitative estimate of drug-likeness (QED) is 0.752. The monoisotopic (exact) mass is 246 g/mol. The Kier molecular flexibility index (Phi) is 4.74. The van der Waals surface area contributed by atoms with Crippen LogP contribution in [-0.2, 0) is 0 Å². The van der Waals surface area contributed by atoms with E-state index >= 15 is 0 Å². The van der Waals surface area contributed by atoms with Crippen LogP contribution in [0.1, 0.15) is 38.5 Å². The van der Waals surface area contributed by atoms with Crippen molar-refractivity contribution in [2.75, 3.05) is 39.3 Å². The van der Waals surface area contributed by atoms with Crippen molar-refractivity contribution in [2.45, 2.75) is 44.4 Å². The molecule has 4 heteroatoms. The van der Waals surface area contributed by atoms with Crippen molar-refractivity contribution < 1.29 is 8.78 Å². The molecule has 0 spiro atoms. The second kappa shape index (κ2) is 6.10. The van der Waals surface area contributed by atoms with Crippen LogP contribution in [-0.4, -0.2) is 55.0 Å². The van der Waals surface area contributed by atoms with E-state index in [-0.39, 0.29) is 13.1 Å². The topological polar surface area (TPSA) is 6.48 Å². The van der Waals surface area contributed by atoms with Crippen molar-refractivity contribution in [3.05, 3.63) is 0 Å². The highest BCUT2D eigenvalue weighted by Gasteiger charge is 2.34. The van der Waals surface area contributed by atoms with Gasteiger partial charge in [0.1, 0.15) is 0 Å². The van der Waals surface area contributed by atoms with E-state index in [1.807, 2.05) is 9.80 Å². The van der Waals surface area contributed by atoms with Gasteiger partial charge in [-0.15, -0.1) is 0 Å². The molecule has 0 N–H and O–H groups in total. The van der Waals surface area contributed by atoms with Gasteiger partial charge in [0, 0.05) is 0 Å². The highest BCUT2D eigenvalue weighted by molar-refractivity contribution is 4.79. The third-order valence-electron chi connectivity index (χ3n) is 3.81. The zero-order valence-corrected chi connectivity index (χ0v) is 10.6. The number of halogens is 2. The fourth-order valence-electron chi connectivity index (χ4n) is 2.94. The maximum atomic E-state index is 13.9. The first-order valence-electron chi connectivity index (χ1n) is 6.98. The third-order valence-corrected chi connectivity index (χ3v) is 3.81. The molecule has 2 heterocycles. The molecule has 2 aliphatic heterocycles. The Bertz CT molecular complexity index is 199. The summed E-state index contributed by atoms with van der Waals surface area (Å²) in [6.07, 6.45) is 6.74. The predicted molar refractivity (Wildman–Crippen MR) is 65.5 cm³/mol. The molecule has 0 unspecified atom stereocenters. The van der Waals surface area contributed by atoms with E-state index in [0.29, 0.717) is 0 Å². The van der Waals surface area contributed by atoms with E-state index in [1.165, 1.54) is 12.8 Å². The Morgan fingerprint density at radius 2 is 1.00 bits per heavy atom. The van der Waals surface area contributed by atoms with Crippen LogP contribution < -0.4 is 0 Å². The van der Waals surface area contributed by atoms with Crippen LogP contribution in [0.15, 0.2) is 0 Å².